The fraction of sp³-hybridized carbons (Fsp3) is 1.00. The van der Waals surface area contributed by atoms with Gasteiger partial charge in [-0.25, -0.2) is 0 Å². The standard InChI is InChI=1S/C14H28N2O/c1-12(16-14-7-5-9-17-11-14)10-13-6-3-2-4-8-15-13/h12-16H,2-11H2,1H3. The van der Waals surface area contributed by atoms with Crippen LogP contribution in [0.1, 0.15) is 51.9 Å². The molecule has 100 valence electrons. The second kappa shape index (κ2) is 7.34. The molecule has 0 saturated carbocycles. The third-order valence-corrected chi connectivity index (χ3v) is 3.98. The summed E-state index contributed by atoms with van der Waals surface area (Å²) in [6.45, 7) is 5.39. The first-order valence-corrected chi connectivity index (χ1v) is 7.42. The fourth-order valence-electron chi connectivity index (χ4n) is 3.07. The van der Waals surface area contributed by atoms with Crippen LogP contribution in [0.25, 0.3) is 0 Å². The molecule has 2 N–H and O–H groups in total. The lowest BCUT2D eigenvalue weighted by molar-refractivity contribution is 0.0662. The first-order valence-electron chi connectivity index (χ1n) is 7.42. The first kappa shape index (κ1) is 13.3. The molecule has 0 bridgehead atoms. The van der Waals surface area contributed by atoms with Crippen molar-refractivity contribution in [2.45, 2.75) is 70.0 Å². The summed E-state index contributed by atoms with van der Waals surface area (Å²) < 4.78 is 5.51. The molecule has 0 amide bonds. The summed E-state index contributed by atoms with van der Waals surface area (Å²) in [4.78, 5) is 0. The van der Waals surface area contributed by atoms with Crippen molar-refractivity contribution in [3.63, 3.8) is 0 Å². The number of nitrogens with one attached hydrogen (secondary N) is 2. The van der Waals surface area contributed by atoms with Crippen molar-refractivity contribution >= 4 is 0 Å². The lowest BCUT2D eigenvalue weighted by atomic mass is 10.0. The molecule has 2 fully saturated rings. The third-order valence-electron chi connectivity index (χ3n) is 3.98. The third kappa shape index (κ3) is 4.94. The van der Waals surface area contributed by atoms with Gasteiger partial charge in [0.05, 0.1) is 6.61 Å². The average molecular weight is 240 g/mol. The molecule has 0 aliphatic carbocycles. The van der Waals surface area contributed by atoms with Crippen LogP contribution >= 0.6 is 0 Å². The molecule has 2 aliphatic rings. The zero-order valence-electron chi connectivity index (χ0n) is 11.2. The van der Waals surface area contributed by atoms with E-state index in [1.807, 2.05) is 0 Å². The van der Waals surface area contributed by atoms with Crippen LogP contribution in [0.3, 0.4) is 0 Å². The lowest BCUT2D eigenvalue weighted by Gasteiger charge is -2.28. The van der Waals surface area contributed by atoms with Crippen molar-refractivity contribution < 1.29 is 4.74 Å². The summed E-state index contributed by atoms with van der Waals surface area (Å²) in [5.41, 5.74) is 0. The van der Waals surface area contributed by atoms with Crippen LogP contribution in [0.5, 0.6) is 0 Å². The van der Waals surface area contributed by atoms with Gasteiger partial charge < -0.3 is 15.4 Å². The second-order valence-corrected chi connectivity index (χ2v) is 5.72. The Morgan fingerprint density at radius 1 is 1.24 bits per heavy atom. The van der Waals surface area contributed by atoms with Gasteiger partial charge in [0, 0.05) is 24.7 Å². The number of hydrogen-bond donors (Lipinski definition) is 2. The second-order valence-electron chi connectivity index (χ2n) is 5.72. The molecule has 3 nitrogen and oxygen atoms in total. The summed E-state index contributed by atoms with van der Waals surface area (Å²) >= 11 is 0. The van der Waals surface area contributed by atoms with E-state index in [2.05, 4.69) is 17.6 Å². The Balaban J connectivity index is 1.66. The van der Waals surface area contributed by atoms with E-state index in [9.17, 15) is 0 Å². The van der Waals surface area contributed by atoms with Gasteiger partial charge in [-0.1, -0.05) is 12.8 Å². The summed E-state index contributed by atoms with van der Waals surface area (Å²) in [7, 11) is 0. The van der Waals surface area contributed by atoms with E-state index in [4.69, 9.17) is 4.74 Å². The molecule has 0 aromatic carbocycles. The zero-order chi connectivity index (χ0) is 11.9. The highest BCUT2D eigenvalue weighted by Gasteiger charge is 2.19. The Morgan fingerprint density at radius 3 is 3.00 bits per heavy atom. The molecule has 17 heavy (non-hydrogen) atoms. The van der Waals surface area contributed by atoms with E-state index in [-0.39, 0.29) is 0 Å². The predicted molar refractivity (Wildman–Crippen MR) is 71.3 cm³/mol. The molecular weight excluding hydrogens is 212 g/mol. The van der Waals surface area contributed by atoms with E-state index < -0.39 is 0 Å². The summed E-state index contributed by atoms with van der Waals surface area (Å²) in [6.07, 6.45) is 9.27. The molecule has 3 heteroatoms. The van der Waals surface area contributed by atoms with Crippen molar-refractivity contribution in [1.82, 2.24) is 10.6 Å². The summed E-state index contributed by atoms with van der Waals surface area (Å²) in [5.74, 6) is 0. The molecule has 3 atom stereocenters. The van der Waals surface area contributed by atoms with Crippen molar-refractivity contribution in [2.75, 3.05) is 19.8 Å². The molecule has 2 rings (SSSR count). The van der Waals surface area contributed by atoms with Gasteiger partial charge >= 0.3 is 0 Å². The molecule has 2 heterocycles. The minimum Gasteiger partial charge on any atom is -0.380 e. The number of hydrogen-bond acceptors (Lipinski definition) is 3. The highest BCUT2D eigenvalue weighted by molar-refractivity contribution is 4.79. The minimum atomic E-state index is 0.588. The molecule has 0 aromatic heterocycles. The van der Waals surface area contributed by atoms with E-state index in [0.29, 0.717) is 12.1 Å². The quantitative estimate of drug-likeness (QED) is 0.789. The highest BCUT2D eigenvalue weighted by atomic mass is 16.5. The maximum Gasteiger partial charge on any atom is 0.0619 e. The molecular formula is C14H28N2O. The molecule has 2 saturated heterocycles. The molecule has 3 unspecified atom stereocenters. The van der Waals surface area contributed by atoms with Crippen LogP contribution in [-0.4, -0.2) is 37.9 Å². The summed E-state index contributed by atoms with van der Waals surface area (Å²) in [5, 5.41) is 7.40. The van der Waals surface area contributed by atoms with Crippen LogP contribution in [0.2, 0.25) is 0 Å². The van der Waals surface area contributed by atoms with E-state index in [1.165, 1.54) is 51.5 Å². The average Bonchev–Trinajstić information content (AvgIpc) is 2.59. The Labute approximate surface area is 106 Å². The molecule has 0 aromatic rings. The van der Waals surface area contributed by atoms with Gasteiger partial charge in [0.25, 0.3) is 0 Å². The Kier molecular flexibility index (Phi) is 5.75. The van der Waals surface area contributed by atoms with Crippen LogP contribution in [0, 0.1) is 0 Å². The Bertz CT molecular complexity index is 196. The van der Waals surface area contributed by atoms with Gasteiger partial charge in [0.15, 0.2) is 0 Å². The van der Waals surface area contributed by atoms with Crippen LogP contribution in [0.4, 0.5) is 0 Å². The van der Waals surface area contributed by atoms with Gasteiger partial charge in [-0.05, 0) is 45.6 Å². The maximum absolute atomic E-state index is 5.51. The van der Waals surface area contributed by atoms with Crippen molar-refractivity contribution in [1.29, 1.82) is 0 Å². The van der Waals surface area contributed by atoms with Crippen molar-refractivity contribution in [3.8, 4) is 0 Å². The number of rotatable bonds is 4. The fourth-order valence-corrected chi connectivity index (χ4v) is 3.07. The van der Waals surface area contributed by atoms with Crippen LogP contribution < -0.4 is 10.6 Å². The van der Waals surface area contributed by atoms with Gasteiger partial charge in [-0.2, -0.15) is 0 Å². The Morgan fingerprint density at radius 2 is 2.18 bits per heavy atom. The number of ether oxygens (including phenoxy) is 1. The SMILES string of the molecule is CC(CC1CCCCCN1)NC1CCCOC1. The largest absolute Gasteiger partial charge is 0.380 e. The van der Waals surface area contributed by atoms with E-state index in [0.717, 1.165) is 19.3 Å². The Hall–Kier alpha value is -0.120. The normalized spacial score (nSPS) is 33.0. The predicted octanol–water partition coefficient (Wildman–Crippen LogP) is 2.07. The van der Waals surface area contributed by atoms with E-state index in [1.54, 1.807) is 0 Å². The molecule has 0 radical (unpaired) electrons. The van der Waals surface area contributed by atoms with Crippen molar-refractivity contribution in [2.24, 2.45) is 0 Å². The smallest absolute Gasteiger partial charge is 0.0619 e. The van der Waals surface area contributed by atoms with Gasteiger partial charge in [-0.15, -0.1) is 0 Å². The highest BCUT2D eigenvalue weighted by Crippen LogP contribution is 2.14. The summed E-state index contributed by atoms with van der Waals surface area (Å²) in [6, 6.07) is 1.92. The van der Waals surface area contributed by atoms with Gasteiger partial charge in [-0.3, -0.25) is 0 Å². The molecule has 0 spiro atoms. The lowest BCUT2D eigenvalue weighted by Crippen LogP contribution is -2.44. The van der Waals surface area contributed by atoms with Crippen LogP contribution in [0.15, 0.2) is 0 Å². The van der Waals surface area contributed by atoms with Crippen molar-refractivity contribution in [3.05, 3.63) is 0 Å². The monoisotopic (exact) mass is 240 g/mol. The zero-order valence-corrected chi connectivity index (χ0v) is 11.2. The van der Waals surface area contributed by atoms with Gasteiger partial charge in [0.2, 0.25) is 0 Å². The minimum absolute atomic E-state index is 0.588. The first-order chi connectivity index (χ1) is 8.34. The van der Waals surface area contributed by atoms with E-state index >= 15 is 0 Å². The topological polar surface area (TPSA) is 33.3 Å². The van der Waals surface area contributed by atoms with Gasteiger partial charge in [0.1, 0.15) is 0 Å². The van der Waals surface area contributed by atoms with Crippen LogP contribution in [-0.2, 0) is 4.74 Å². The maximum atomic E-state index is 5.51. The molecule has 2 aliphatic heterocycles.